The smallest absolute Gasteiger partial charge is 0.196 e. The topological polar surface area (TPSA) is 49.8 Å². The predicted octanol–water partition coefficient (Wildman–Crippen LogP) is 3.69. The molecule has 1 aromatic heterocycles. The Labute approximate surface area is 120 Å². The van der Waals surface area contributed by atoms with Crippen molar-refractivity contribution in [2.75, 3.05) is 17.2 Å². The molecule has 112 valence electrons. The van der Waals surface area contributed by atoms with E-state index < -0.39 is 17.5 Å². The molecule has 0 bridgehead atoms. The molecule has 2 N–H and O–H groups in total. The Kier molecular flexibility index (Phi) is 4.30. The van der Waals surface area contributed by atoms with Gasteiger partial charge in [0.25, 0.3) is 0 Å². The third kappa shape index (κ3) is 3.07. The van der Waals surface area contributed by atoms with Crippen LogP contribution in [0, 0.1) is 31.3 Å². The van der Waals surface area contributed by atoms with Crippen molar-refractivity contribution in [3.63, 3.8) is 0 Å². The minimum Gasteiger partial charge on any atom is -0.370 e. The summed E-state index contributed by atoms with van der Waals surface area (Å²) in [7, 11) is 0. The second-order valence-electron chi connectivity index (χ2n) is 4.47. The van der Waals surface area contributed by atoms with Gasteiger partial charge < -0.3 is 10.6 Å². The summed E-state index contributed by atoms with van der Waals surface area (Å²) in [4.78, 5) is 8.39. The fraction of sp³-hybridized carbons (Fsp3) is 0.286. The zero-order valence-corrected chi connectivity index (χ0v) is 11.9. The van der Waals surface area contributed by atoms with E-state index in [0.29, 0.717) is 29.6 Å². The molecule has 0 aliphatic rings. The summed E-state index contributed by atoms with van der Waals surface area (Å²) in [5, 5.41) is 5.73. The van der Waals surface area contributed by atoms with Gasteiger partial charge >= 0.3 is 0 Å². The Hall–Kier alpha value is -2.31. The normalized spacial score (nSPS) is 10.6. The third-order valence-electron chi connectivity index (χ3n) is 2.89. The van der Waals surface area contributed by atoms with Crippen LogP contribution in [0.2, 0.25) is 0 Å². The second kappa shape index (κ2) is 5.99. The number of aryl methyl sites for hydroxylation is 1. The van der Waals surface area contributed by atoms with E-state index in [9.17, 15) is 13.2 Å². The van der Waals surface area contributed by atoms with Crippen molar-refractivity contribution in [2.45, 2.75) is 20.8 Å². The van der Waals surface area contributed by atoms with Crippen molar-refractivity contribution in [1.29, 1.82) is 0 Å². The monoisotopic (exact) mass is 296 g/mol. The van der Waals surface area contributed by atoms with E-state index in [0.717, 1.165) is 12.1 Å². The zero-order chi connectivity index (χ0) is 15.6. The first-order valence-corrected chi connectivity index (χ1v) is 6.43. The predicted molar refractivity (Wildman–Crippen MR) is 75.3 cm³/mol. The second-order valence-corrected chi connectivity index (χ2v) is 4.47. The number of rotatable bonds is 4. The summed E-state index contributed by atoms with van der Waals surface area (Å²) in [5.74, 6) is -2.62. The lowest BCUT2D eigenvalue weighted by atomic mass is 10.2. The standard InChI is InChI=1S/C14H15F3N4/c1-4-18-13-7(2)14(20-8(3)19-13)21-10-6-5-9(15)11(16)12(10)17/h5-6H,4H2,1-3H3,(H2,18,19,20,21). The summed E-state index contributed by atoms with van der Waals surface area (Å²) >= 11 is 0. The van der Waals surface area contributed by atoms with E-state index in [2.05, 4.69) is 20.6 Å². The molecule has 0 radical (unpaired) electrons. The number of hydrogen-bond donors (Lipinski definition) is 2. The number of hydrogen-bond acceptors (Lipinski definition) is 4. The molecule has 0 aliphatic heterocycles. The number of halogens is 3. The van der Waals surface area contributed by atoms with Gasteiger partial charge in [0, 0.05) is 12.1 Å². The molecule has 0 unspecified atom stereocenters. The van der Waals surface area contributed by atoms with Crippen LogP contribution in [0.4, 0.5) is 30.5 Å². The average Bonchev–Trinajstić information content (AvgIpc) is 2.44. The van der Waals surface area contributed by atoms with Gasteiger partial charge in [0.15, 0.2) is 17.5 Å². The number of benzene rings is 1. The molecule has 2 rings (SSSR count). The van der Waals surface area contributed by atoms with Gasteiger partial charge in [-0.15, -0.1) is 0 Å². The molecule has 0 spiro atoms. The van der Waals surface area contributed by atoms with Crippen molar-refractivity contribution < 1.29 is 13.2 Å². The molecular formula is C14H15F3N4. The van der Waals surface area contributed by atoms with Crippen LogP contribution in [0.1, 0.15) is 18.3 Å². The van der Waals surface area contributed by atoms with Crippen LogP contribution in [-0.4, -0.2) is 16.5 Å². The van der Waals surface area contributed by atoms with E-state index in [1.165, 1.54) is 0 Å². The number of nitrogens with one attached hydrogen (secondary N) is 2. The highest BCUT2D eigenvalue weighted by Crippen LogP contribution is 2.26. The van der Waals surface area contributed by atoms with Gasteiger partial charge in [-0.3, -0.25) is 0 Å². The highest BCUT2D eigenvalue weighted by Gasteiger charge is 2.16. The first kappa shape index (κ1) is 15.1. The quantitative estimate of drug-likeness (QED) is 0.845. The van der Waals surface area contributed by atoms with Gasteiger partial charge in [-0.05, 0) is 32.9 Å². The van der Waals surface area contributed by atoms with Gasteiger partial charge in [-0.1, -0.05) is 0 Å². The van der Waals surface area contributed by atoms with Crippen LogP contribution in [0.15, 0.2) is 12.1 Å². The highest BCUT2D eigenvalue weighted by atomic mass is 19.2. The maximum atomic E-state index is 13.7. The Morgan fingerprint density at radius 2 is 1.67 bits per heavy atom. The van der Waals surface area contributed by atoms with Crippen molar-refractivity contribution in [1.82, 2.24) is 9.97 Å². The average molecular weight is 296 g/mol. The van der Waals surface area contributed by atoms with Gasteiger partial charge in [-0.25, -0.2) is 23.1 Å². The van der Waals surface area contributed by atoms with Gasteiger partial charge in [0.05, 0.1) is 5.69 Å². The number of anilines is 3. The van der Waals surface area contributed by atoms with E-state index in [-0.39, 0.29) is 5.69 Å². The molecule has 2 aromatic rings. The lowest BCUT2D eigenvalue weighted by Gasteiger charge is -2.14. The lowest BCUT2D eigenvalue weighted by molar-refractivity contribution is 0.449. The molecular weight excluding hydrogens is 281 g/mol. The van der Waals surface area contributed by atoms with E-state index >= 15 is 0 Å². The molecule has 7 heteroatoms. The fourth-order valence-corrected chi connectivity index (χ4v) is 1.84. The highest BCUT2D eigenvalue weighted by molar-refractivity contribution is 5.65. The fourth-order valence-electron chi connectivity index (χ4n) is 1.84. The SMILES string of the molecule is CCNc1nc(C)nc(Nc2ccc(F)c(F)c2F)c1C. The molecule has 0 saturated heterocycles. The first-order valence-electron chi connectivity index (χ1n) is 6.43. The summed E-state index contributed by atoms with van der Waals surface area (Å²) in [6.45, 7) is 6.01. The maximum absolute atomic E-state index is 13.7. The Bertz CT molecular complexity index is 674. The van der Waals surface area contributed by atoms with E-state index in [1.807, 2.05) is 6.92 Å². The van der Waals surface area contributed by atoms with Gasteiger partial charge in [0.2, 0.25) is 0 Å². The van der Waals surface area contributed by atoms with Crippen molar-refractivity contribution in [2.24, 2.45) is 0 Å². The van der Waals surface area contributed by atoms with Crippen LogP contribution < -0.4 is 10.6 Å². The minimum atomic E-state index is -1.52. The Balaban J connectivity index is 2.42. The minimum absolute atomic E-state index is 0.183. The van der Waals surface area contributed by atoms with Crippen molar-refractivity contribution in [3.05, 3.63) is 41.0 Å². The largest absolute Gasteiger partial charge is 0.370 e. The molecule has 21 heavy (non-hydrogen) atoms. The molecule has 4 nitrogen and oxygen atoms in total. The van der Waals surface area contributed by atoms with E-state index in [1.54, 1.807) is 13.8 Å². The molecule has 1 heterocycles. The summed E-state index contributed by atoms with van der Waals surface area (Å²) in [5.41, 5.74) is 0.476. The number of aromatic nitrogens is 2. The van der Waals surface area contributed by atoms with Crippen molar-refractivity contribution in [3.8, 4) is 0 Å². The van der Waals surface area contributed by atoms with Crippen LogP contribution in [0.5, 0.6) is 0 Å². The van der Waals surface area contributed by atoms with Crippen LogP contribution in [-0.2, 0) is 0 Å². The molecule has 0 atom stereocenters. The number of nitrogens with zero attached hydrogens (tertiary/aromatic N) is 2. The molecule has 0 saturated carbocycles. The lowest BCUT2D eigenvalue weighted by Crippen LogP contribution is -2.08. The third-order valence-corrected chi connectivity index (χ3v) is 2.89. The summed E-state index contributed by atoms with van der Waals surface area (Å²) in [6.07, 6.45) is 0. The maximum Gasteiger partial charge on any atom is 0.196 e. The van der Waals surface area contributed by atoms with Crippen LogP contribution >= 0.6 is 0 Å². The molecule has 1 aromatic carbocycles. The summed E-state index contributed by atoms with van der Waals surface area (Å²) < 4.78 is 39.9. The van der Waals surface area contributed by atoms with Gasteiger partial charge in [-0.2, -0.15) is 0 Å². The first-order chi connectivity index (χ1) is 9.93. The molecule has 0 aliphatic carbocycles. The Morgan fingerprint density at radius 3 is 2.33 bits per heavy atom. The summed E-state index contributed by atoms with van der Waals surface area (Å²) in [6, 6.07) is 1.98. The zero-order valence-electron chi connectivity index (χ0n) is 11.9. The van der Waals surface area contributed by atoms with Crippen LogP contribution in [0.25, 0.3) is 0 Å². The van der Waals surface area contributed by atoms with Crippen LogP contribution in [0.3, 0.4) is 0 Å². The van der Waals surface area contributed by atoms with E-state index in [4.69, 9.17) is 0 Å². The van der Waals surface area contributed by atoms with Gasteiger partial charge in [0.1, 0.15) is 17.5 Å². The Morgan fingerprint density at radius 1 is 1.00 bits per heavy atom. The molecule has 0 fully saturated rings. The van der Waals surface area contributed by atoms with Crippen molar-refractivity contribution >= 4 is 17.3 Å². The molecule has 0 amide bonds.